The molecule has 0 fully saturated rings. The Bertz CT molecular complexity index is 346. The maximum absolute atomic E-state index is 5.78. The van der Waals surface area contributed by atoms with Crippen LogP contribution in [0.15, 0.2) is 24.3 Å². The SMILES string of the molecule is CCCNC(CCSC)c1cccc(OC(C)C)c1. The van der Waals surface area contributed by atoms with Crippen LogP contribution in [0.3, 0.4) is 0 Å². The first-order chi connectivity index (χ1) is 9.17. The van der Waals surface area contributed by atoms with Crippen molar-refractivity contribution in [2.75, 3.05) is 18.6 Å². The van der Waals surface area contributed by atoms with Crippen LogP contribution in [0.2, 0.25) is 0 Å². The number of rotatable bonds is 9. The van der Waals surface area contributed by atoms with Crippen LogP contribution < -0.4 is 10.1 Å². The van der Waals surface area contributed by atoms with Crippen molar-refractivity contribution in [1.82, 2.24) is 5.32 Å². The second-order valence-electron chi connectivity index (χ2n) is 5.03. The van der Waals surface area contributed by atoms with Crippen molar-refractivity contribution in [1.29, 1.82) is 0 Å². The zero-order valence-electron chi connectivity index (χ0n) is 12.6. The van der Waals surface area contributed by atoms with Gasteiger partial charge in [-0.25, -0.2) is 0 Å². The average Bonchev–Trinajstić information content (AvgIpc) is 2.38. The summed E-state index contributed by atoms with van der Waals surface area (Å²) >= 11 is 1.90. The third-order valence-corrected chi connectivity index (χ3v) is 3.53. The zero-order valence-corrected chi connectivity index (χ0v) is 13.4. The molecule has 1 aromatic carbocycles. The van der Waals surface area contributed by atoms with Gasteiger partial charge in [-0.2, -0.15) is 11.8 Å². The quantitative estimate of drug-likeness (QED) is 0.730. The van der Waals surface area contributed by atoms with Gasteiger partial charge >= 0.3 is 0 Å². The van der Waals surface area contributed by atoms with Gasteiger partial charge in [0.15, 0.2) is 0 Å². The first kappa shape index (κ1) is 16.4. The third-order valence-electron chi connectivity index (χ3n) is 2.88. The topological polar surface area (TPSA) is 21.3 Å². The van der Waals surface area contributed by atoms with Gasteiger partial charge in [0.25, 0.3) is 0 Å². The molecule has 19 heavy (non-hydrogen) atoms. The van der Waals surface area contributed by atoms with Gasteiger partial charge in [0.2, 0.25) is 0 Å². The molecule has 1 unspecified atom stereocenters. The van der Waals surface area contributed by atoms with Gasteiger partial charge < -0.3 is 10.1 Å². The average molecular weight is 281 g/mol. The lowest BCUT2D eigenvalue weighted by atomic mass is 10.0. The van der Waals surface area contributed by atoms with Gasteiger partial charge in [-0.1, -0.05) is 19.1 Å². The monoisotopic (exact) mass is 281 g/mol. The molecular weight excluding hydrogens is 254 g/mol. The highest BCUT2D eigenvalue weighted by molar-refractivity contribution is 7.98. The number of nitrogens with one attached hydrogen (secondary N) is 1. The van der Waals surface area contributed by atoms with Crippen molar-refractivity contribution in [3.05, 3.63) is 29.8 Å². The van der Waals surface area contributed by atoms with Crippen molar-refractivity contribution < 1.29 is 4.74 Å². The van der Waals surface area contributed by atoms with Crippen LogP contribution in [0.1, 0.15) is 45.2 Å². The lowest BCUT2D eigenvalue weighted by Crippen LogP contribution is -2.22. The minimum Gasteiger partial charge on any atom is -0.491 e. The Hall–Kier alpha value is -0.670. The number of thioether (sulfide) groups is 1. The first-order valence-electron chi connectivity index (χ1n) is 7.16. The van der Waals surface area contributed by atoms with E-state index in [0.29, 0.717) is 6.04 Å². The van der Waals surface area contributed by atoms with Gasteiger partial charge in [-0.15, -0.1) is 0 Å². The van der Waals surface area contributed by atoms with Crippen LogP contribution in [-0.4, -0.2) is 24.7 Å². The highest BCUT2D eigenvalue weighted by Gasteiger charge is 2.11. The minimum absolute atomic E-state index is 0.225. The van der Waals surface area contributed by atoms with Crippen molar-refractivity contribution in [3.8, 4) is 5.75 Å². The predicted molar refractivity (Wildman–Crippen MR) is 86.2 cm³/mol. The third kappa shape index (κ3) is 6.35. The first-order valence-corrected chi connectivity index (χ1v) is 8.55. The Kier molecular flexibility index (Phi) is 7.99. The van der Waals surface area contributed by atoms with Gasteiger partial charge in [-0.05, 0) is 62.9 Å². The van der Waals surface area contributed by atoms with Gasteiger partial charge in [-0.3, -0.25) is 0 Å². The molecule has 3 heteroatoms. The molecule has 0 spiro atoms. The maximum Gasteiger partial charge on any atom is 0.120 e. The molecule has 0 aliphatic rings. The summed E-state index contributed by atoms with van der Waals surface area (Å²) in [5.74, 6) is 2.15. The normalized spacial score (nSPS) is 12.7. The fourth-order valence-electron chi connectivity index (χ4n) is 2.02. The smallest absolute Gasteiger partial charge is 0.120 e. The fraction of sp³-hybridized carbons (Fsp3) is 0.625. The molecule has 0 amide bonds. The molecule has 1 aromatic rings. The lowest BCUT2D eigenvalue weighted by molar-refractivity contribution is 0.242. The summed E-state index contributed by atoms with van der Waals surface area (Å²) in [6.45, 7) is 7.39. The second kappa shape index (κ2) is 9.27. The van der Waals surface area contributed by atoms with Crippen molar-refractivity contribution >= 4 is 11.8 Å². The van der Waals surface area contributed by atoms with Gasteiger partial charge in [0.1, 0.15) is 5.75 Å². The number of benzene rings is 1. The van der Waals surface area contributed by atoms with Gasteiger partial charge in [0.05, 0.1) is 6.10 Å². The molecule has 2 nitrogen and oxygen atoms in total. The van der Waals surface area contributed by atoms with Crippen LogP contribution >= 0.6 is 11.8 Å². The Balaban J connectivity index is 2.75. The standard InChI is InChI=1S/C16H27NOS/c1-5-10-17-16(9-11-19-4)14-7-6-8-15(12-14)18-13(2)3/h6-8,12-13,16-17H,5,9-11H2,1-4H3. The van der Waals surface area contributed by atoms with E-state index in [-0.39, 0.29) is 6.10 Å². The Labute approximate surface area is 122 Å². The Morgan fingerprint density at radius 2 is 2.11 bits per heavy atom. The predicted octanol–water partition coefficient (Wildman–Crippen LogP) is 4.27. The molecule has 1 N–H and O–H groups in total. The van der Waals surface area contributed by atoms with Crippen molar-refractivity contribution in [2.24, 2.45) is 0 Å². The van der Waals surface area contributed by atoms with Crippen LogP contribution in [-0.2, 0) is 0 Å². The largest absolute Gasteiger partial charge is 0.491 e. The van der Waals surface area contributed by atoms with Crippen LogP contribution in [0.4, 0.5) is 0 Å². The van der Waals surface area contributed by atoms with E-state index >= 15 is 0 Å². The molecule has 0 saturated heterocycles. The molecule has 108 valence electrons. The van der Waals surface area contributed by atoms with E-state index in [2.05, 4.69) is 50.5 Å². The molecule has 1 rings (SSSR count). The molecule has 0 radical (unpaired) electrons. The maximum atomic E-state index is 5.78. The lowest BCUT2D eigenvalue weighted by Gasteiger charge is -2.20. The van der Waals surface area contributed by atoms with E-state index in [1.807, 2.05) is 17.8 Å². The van der Waals surface area contributed by atoms with E-state index in [9.17, 15) is 0 Å². The van der Waals surface area contributed by atoms with Crippen LogP contribution in [0.5, 0.6) is 5.75 Å². The summed E-state index contributed by atoms with van der Waals surface area (Å²) in [7, 11) is 0. The van der Waals surface area contributed by atoms with Crippen molar-refractivity contribution in [2.45, 2.75) is 45.8 Å². The van der Waals surface area contributed by atoms with E-state index in [1.54, 1.807) is 0 Å². The fourth-order valence-corrected chi connectivity index (χ4v) is 2.49. The van der Waals surface area contributed by atoms with Gasteiger partial charge in [0, 0.05) is 6.04 Å². The molecule has 0 saturated carbocycles. The number of hydrogen-bond acceptors (Lipinski definition) is 3. The number of hydrogen-bond donors (Lipinski definition) is 1. The van der Waals surface area contributed by atoms with E-state index in [4.69, 9.17) is 4.74 Å². The summed E-state index contributed by atoms with van der Waals surface area (Å²) in [5.41, 5.74) is 1.33. The zero-order chi connectivity index (χ0) is 14.1. The highest BCUT2D eigenvalue weighted by atomic mass is 32.2. The summed E-state index contributed by atoms with van der Waals surface area (Å²) in [6.07, 6.45) is 4.71. The summed E-state index contributed by atoms with van der Waals surface area (Å²) in [4.78, 5) is 0. The summed E-state index contributed by atoms with van der Waals surface area (Å²) < 4.78 is 5.78. The molecule has 0 aromatic heterocycles. The van der Waals surface area contributed by atoms with Crippen LogP contribution in [0.25, 0.3) is 0 Å². The highest BCUT2D eigenvalue weighted by Crippen LogP contribution is 2.23. The molecular formula is C16H27NOS. The molecule has 0 aliphatic carbocycles. The molecule has 0 aliphatic heterocycles. The van der Waals surface area contributed by atoms with Crippen LogP contribution in [0, 0.1) is 0 Å². The molecule has 0 heterocycles. The Morgan fingerprint density at radius 1 is 1.32 bits per heavy atom. The summed E-state index contributed by atoms with van der Waals surface area (Å²) in [5, 5.41) is 3.63. The van der Waals surface area contributed by atoms with E-state index in [1.165, 1.54) is 11.3 Å². The molecule has 0 bridgehead atoms. The van der Waals surface area contributed by atoms with E-state index < -0.39 is 0 Å². The van der Waals surface area contributed by atoms with Crippen molar-refractivity contribution in [3.63, 3.8) is 0 Å². The minimum atomic E-state index is 0.225. The number of ether oxygens (including phenoxy) is 1. The molecule has 1 atom stereocenters. The van der Waals surface area contributed by atoms with E-state index in [0.717, 1.165) is 25.1 Å². The second-order valence-corrected chi connectivity index (χ2v) is 6.01. The Morgan fingerprint density at radius 3 is 2.74 bits per heavy atom. The summed E-state index contributed by atoms with van der Waals surface area (Å²) in [6, 6.07) is 8.93.